The predicted molar refractivity (Wildman–Crippen MR) is 162 cm³/mol. The molecule has 3 aliphatic carbocycles. The summed E-state index contributed by atoms with van der Waals surface area (Å²) in [7, 11) is 0. The summed E-state index contributed by atoms with van der Waals surface area (Å²) >= 11 is 0.994. The van der Waals surface area contributed by atoms with E-state index in [0.717, 1.165) is 30.2 Å². The molecule has 3 aromatic carbocycles. The summed E-state index contributed by atoms with van der Waals surface area (Å²) in [6.07, 6.45) is 6.59. The predicted octanol–water partition coefficient (Wildman–Crippen LogP) is 7.02. The quantitative estimate of drug-likeness (QED) is 0.275. The smallest absolute Gasteiger partial charge is 0.341 e. The Morgan fingerprint density at radius 1 is 0.976 bits per heavy atom. The topological polar surface area (TPSA) is 74.7 Å². The minimum Gasteiger partial charge on any atom is -0.477 e. The van der Waals surface area contributed by atoms with Crippen LogP contribution >= 0.6 is 11.8 Å². The summed E-state index contributed by atoms with van der Waals surface area (Å²) in [5.74, 6) is -1.88. The highest BCUT2D eigenvalue weighted by molar-refractivity contribution is 8.05. The summed E-state index contributed by atoms with van der Waals surface area (Å²) in [6.45, 7) is 4.63. The van der Waals surface area contributed by atoms with Crippen molar-refractivity contribution in [3.8, 4) is 11.1 Å². The van der Waals surface area contributed by atoms with E-state index in [1.807, 2.05) is 6.07 Å². The zero-order valence-electron chi connectivity index (χ0n) is 22.9. The van der Waals surface area contributed by atoms with Crippen LogP contribution in [-0.4, -0.2) is 33.9 Å². The second-order valence-corrected chi connectivity index (χ2v) is 13.6. The van der Waals surface area contributed by atoms with Crippen LogP contribution in [0.2, 0.25) is 0 Å². The standard InChI is InChI=1S/C35H29NO4S/c1-35(2)26-8-4-3-6-20(26)21-12-11-19(16-27(21)35)36-28-9-5-7-22(28)23-14-18(10-13-29(23)36)15-24-31(37)25-17-30(34(39)40)41-33(25)32(24)38/h3-4,6,8,10-17,22,25,28,33H,5,7,9H2,1-2H3,(H,39,40)/b24-15+. The monoisotopic (exact) mass is 559 g/mol. The van der Waals surface area contributed by atoms with Gasteiger partial charge in [-0.05, 0) is 76.6 Å². The fourth-order valence-electron chi connectivity index (χ4n) is 7.96. The normalized spacial score (nSPS) is 27.5. The molecule has 2 heterocycles. The third-order valence-corrected chi connectivity index (χ3v) is 11.2. The van der Waals surface area contributed by atoms with E-state index in [1.54, 1.807) is 6.08 Å². The first-order valence-electron chi connectivity index (χ1n) is 14.3. The summed E-state index contributed by atoms with van der Waals surface area (Å²) < 4.78 is 0. The fourth-order valence-corrected chi connectivity index (χ4v) is 9.14. The van der Waals surface area contributed by atoms with Gasteiger partial charge in [-0.2, -0.15) is 0 Å². The Morgan fingerprint density at radius 3 is 2.59 bits per heavy atom. The number of hydrogen-bond donors (Lipinski definition) is 1. The maximum absolute atomic E-state index is 13.1. The number of fused-ring (bicyclic) bond motifs is 7. The highest BCUT2D eigenvalue weighted by Crippen LogP contribution is 2.55. The van der Waals surface area contributed by atoms with Crippen molar-refractivity contribution >= 4 is 46.7 Å². The number of allylic oxidation sites excluding steroid dienone is 2. The molecule has 0 bridgehead atoms. The third kappa shape index (κ3) is 3.40. The van der Waals surface area contributed by atoms with Crippen LogP contribution in [0.4, 0.5) is 11.4 Å². The molecule has 204 valence electrons. The molecule has 5 aliphatic rings. The first kappa shape index (κ1) is 24.9. The number of benzene rings is 3. The molecule has 2 aliphatic heterocycles. The van der Waals surface area contributed by atoms with E-state index in [4.69, 9.17) is 0 Å². The first-order chi connectivity index (χ1) is 19.7. The molecule has 1 N–H and O–H groups in total. The molecular weight excluding hydrogens is 530 g/mol. The van der Waals surface area contributed by atoms with E-state index in [9.17, 15) is 19.5 Å². The van der Waals surface area contributed by atoms with Crippen LogP contribution in [0.15, 0.2) is 77.2 Å². The number of rotatable bonds is 3. The Bertz CT molecular complexity index is 1780. The molecule has 0 saturated heterocycles. The van der Waals surface area contributed by atoms with Crippen LogP contribution < -0.4 is 4.90 Å². The molecule has 0 amide bonds. The molecule has 0 spiro atoms. The van der Waals surface area contributed by atoms with Gasteiger partial charge in [0, 0.05) is 28.7 Å². The lowest BCUT2D eigenvalue weighted by Gasteiger charge is -2.29. The van der Waals surface area contributed by atoms with Crippen molar-refractivity contribution in [2.45, 2.75) is 55.7 Å². The number of aliphatic carboxylic acids is 1. The van der Waals surface area contributed by atoms with E-state index in [2.05, 4.69) is 73.3 Å². The van der Waals surface area contributed by atoms with Crippen molar-refractivity contribution in [3.63, 3.8) is 0 Å². The molecule has 0 aromatic heterocycles. The Balaban J connectivity index is 1.16. The van der Waals surface area contributed by atoms with E-state index >= 15 is 0 Å². The van der Waals surface area contributed by atoms with Gasteiger partial charge in [-0.25, -0.2) is 4.79 Å². The first-order valence-corrected chi connectivity index (χ1v) is 15.2. The van der Waals surface area contributed by atoms with E-state index in [1.165, 1.54) is 51.7 Å². The Morgan fingerprint density at radius 2 is 1.78 bits per heavy atom. The number of anilines is 2. The molecule has 6 heteroatoms. The number of carbonyl (C=O) groups excluding carboxylic acids is 2. The number of carboxylic acids is 1. The number of Topliss-reactive ketones (excluding diaryl/α,β-unsaturated/α-hetero) is 2. The van der Waals surface area contributed by atoms with E-state index in [0.29, 0.717) is 12.0 Å². The number of nitrogens with zero attached hydrogens (tertiary/aromatic N) is 1. The SMILES string of the molecule is CC1(C)c2ccccc2-c2ccc(N3c4ccc(/C=C5\C(=O)C6C=C(C(=O)O)SC6C5=O)cc4C4CCCC43)cc21. The van der Waals surface area contributed by atoms with Crippen molar-refractivity contribution in [1.29, 1.82) is 0 Å². The molecule has 4 unspecified atom stereocenters. The Kier molecular flexibility index (Phi) is 5.19. The van der Waals surface area contributed by atoms with Crippen LogP contribution in [0.3, 0.4) is 0 Å². The second kappa shape index (κ2) is 8.56. The van der Waals surface area contributed by atoms with Gasteiger partial charge in [0.15, 0.2) is 11.6 Å². The number of ketones is 2. The van der Waals surface area contributed by atoms with Crippen molar-refractivity contribution in [3.05, 3.63) is 99.5 Å². The molecule has 4 atom stereocenters. The van der Waals surface area contributed by atoms with Gasteiger partial charge in [-0.1, -0.05) is 62.7 Å². The minimum absolute atomic E-state index is 0.0625. The molecule has 2 fully saturated rings. The summed E-state index contributed by atoms with van der Waals surface area (Å²) in [4.78, 5) is 40.2. The second-order valence-electron chi connectivity index (χ2n) is 12.4. The Labute approximate surface area is 243 Å². The van der Waals surface area contributed by atoms with Gasteiger partial charge in [-0.3, -0.25) is 9.59 Å². The average Bonchev–Trinajstić information content (AvgIpc) is 3.75. The number of thioether (sulfide) groups is 1. The highest BCUT2D eigenvalue weighted by Gasteiger charge is 2.50. The van der Waals surface area contributed by atoms with Crippen LogP contribution in [0, 0.1) is 5.92 Å². The lowest BCUT2D eigenvalue weighted by Crippen LogP contribution is -2.27. The van der Waals surface area contributed by atoms with Gasteiger partial charge < -0.3 is 10.0 Å². The number of carboxylic acid groups (broad SMARTS) is 1. The number of hydrogen-bond acceptors (Lipinski definition) is 5. The van der Waals surface area contributed by atoms with E-state index < -0.39 is 17.1 Å². The molecular formula is C35H29NO4S. The summed E-state index contributed by atoms with van der Waals surface area (Å²) in [5, 5.41) is 8.64. The zero-order chi connectivity index (χ0) is 28.2. The van der Waals surface area contributed by atoms with Crippen molar-refractivity contribution in [1.82, 2.24) is 0 Å². The van der Waals surface area contributed by atoms with Crippen LogP contribution in [0.1, 0.15) is 61.3 Å². The molecule has 8 rings (SSSR count). The minimum atomic E-state index is -1.08. The van der Waals surface area contributed by atoms with Crippen molar-refractivity contribution in [2.75, 3.05) is 4.90 Å². The van der Waals surface area contributed by atoms with Gasteiger partial charge >= 0.3 is 5.97 Å². The largest absolute Gasteiger partial charge is 0.477 e. The summed E-state index contributed by atoms with van der Waals surface area (Å²) in [6, 6.07) is 22.4. The van der Waals surface area contributed by atoms with Gasteiger partial charge in [-0.15, -0.1) is 11.8 Å². The zero-order valence-corrected chi connectivity index (χ0v) is 23.7. The maximum Gasteiger partial charge on any atom is 0.341 e. The van der Waals surface area contributed by atoms with Crippen LogP contribution in [0.25, 0.3) is 17.2 Å². The molecule has 5 nitrogen and oxygen atoms in total. The van der Waals surface area contributed by atoms with Gasteiger partial charge in [0.25, 0.3) is 0 Å². The molecule has 3 aromatic rings. The Hall–Kier alpha value is -3.90. The summed E-state index contributed by atoms with van der Waals surface area (Å²) in [5.41, 5.74) is 10.1. The van der Waals surface area contributed by atoms with Gasteiger partial charge in [0.1, 0.15) is 0 Å². The van der Waals surface area contributed by atoms with E-state index in [-0.39, 0.29) is 27.5 Å². The number of carbonyl (C=O) groups is 3. The average molecular weight is 560 g/mol. The lowest BCUT2D eigenvalue weighted by atomic mass is 9.82. The molecule has 2 saturated carbocycles. The fraction of sp³-hybridized carbons (Fsp3) is 0.286. The highest BCUT2D eigenvalue weighted by atomic mass is 32.2. The van der Waals surface area contributed by atoms with Gasteiger partial charge in [0.05, 0.1) is 21.6 Å². The third-order valence-electron chi connectivity index (χ3n) is 9.89. The molecule has 0 radical (unpaired) electrons. The molecule has 41 heavy (non-hydrogen) atoms. The lowest BCUT2D eigenvalue weighted by molar-refractivity contribution is -0.131. The van der Waals surface area contributed by atoms with Crippen molar-refractivity contribution < 1.29 is 19.5 Å². The maximum atomic E-state index is 13.1. The van der Waals surface area contributed by atoms with Crippen LogP contribution in [0.5, 0.6) is 0 Å². The van der Waals surface area contributed by atoms with Gasteiger partial charge in [0.2, 0.25) is 0 Å². The van der Waals surface area contributed by atoms with Crippen LogP contribution in [-0.2, 0) is 19.8 Å². The van der Waals surface area contributed by atoms with Crippen molar-refractivity contribution in [2.24, 2.45) is 5.92 Å².